The fraction of sp³-hybridized carbons (Fsp3) is 0.559. The molecular weight excluding hydrogens is 655 g/mol. The Labute approximate surface area is 277 Å². The molecule has 4 fully saturated rings. The maximum Gasteiger partial charge on any atom is 0.418 e. The highest BCUT2D eigenvalue weighted by atomic mass is 19.4. The first-order valence-corrected chi connectivity index (χ1v) is 16.6. The molecular formula is C34H36F7N7O. The number of nitrogens with one attached hydrogen (secondary N) is 1. The predicted octanol–water partition coefficient (Wildman–Crippen LogP) is 6.64. The highest BCUT2D eigenvalue weighted by Crippen LogP contribution is 2.52. The predicted molar refractivity (Wildman–Crippen MR) is 168 cm³/mol. The first-order chi connectivity index (χ1) is 23.1. The molecule has 2 bridgehead atoms. The number of anilines is 2. The quantitative estimate of drug-likeness (QED) is 0.295. The zero-order valence-corrected chi connectivity index (χ0v) is 27.2. The van der Waals surface area contributed by atoms with Crippen LogP contribution in [-0.2, 0) is 11.6 Å². The van der Waals surface area contributed by atoms with Crippen molar-refractivity contribution < 1.29 is 35.5 Å². The second-order valence-corrected chi connectivity index (χ2v) is 14.9. The Morgan fingerprint density at radius 3 is 2.63 bits per heavy atom. The zero-order chi connectivity index (χ0) is 34.8. The third-order valence-electron chi connectivity index (χ3n) is 11.4. The molecule has 8 nitrogen and oxygen atoms in total. The van der Waals surface area contributed by atoms with Crippen LogP contribution in [0, 0.1) is 18.6 Å². The molecule has 0 saturated carbocycles. The smallest absolute Gasteiger partial charge is 0.418 e. The molecule has 0 amide bonds. The minimum atomic E-state index is -5.01. The summed E-state index contributed by atoms with van der Waals surface area (Å²) in [4.78, 5) is 17.0. The molecule has 5 aliphatic heterocycles. The van der Waals surface area contributed by atoms with Gasteiger partial charge in [0, 0.05) is 47.9 Å². The topological polar surface area (TPSA) is 92.4 Å². The molecule has 4 atom stereocenters. The molecule has 1 aromatic carbocycles. The van der Waals surface area contributed by atoms with Gasteiger partial charge in [-0.2, -0.15) is 31.9 Å². The summed E-state index contributed by atoms with van der Waals surface area (Å²) in [7, 11) is 0. The van der Waals surface area contributed by atoms with E-state index in [-0.39, 0.29) is 77.4 Å². The van der Waals surface area contributed by atoms with Crippen LogP contribution in [0.5, 0.6) is 6.01 Å². The third kappa shape index (κ3) is 4.96. The fourth-order valence-electron chi connectivity index (χ4n) is 9.34. The van der Waals surface area contributed by atoms with Crippen LogP contribution in [0.15, 0.2) is 17.7 Å². The maximum atomic E-state index is 17.2. The second-order valence-electron chi connectivity index (χ2n) is 14.9. The van der Waals surface area contributed by atoms with Gasteiger partial charge in [-0.1, -0.05) is 13.8 Å². The summed E-state index contributed by atoms with van der Waals surface area (Å²) in [5.41, 5.74) is 0.328. The summed E-state index contributed by atoms with van der Waals surface area (Å²) in [5.74, 6) is -2.52. The first-order valence-electron chi connectivity index (χ1n) is 16.6. The van der Waals surface area contributed by atoms with E-state index >= 15 is 8.78 Å². The van der Waals surface area contributed by atoms with Gasteiger partial charge >= 0.3 is 12.2 Å². The number of nitrogens with two attached hydrogens (primary N) is 1. The summed E-state index contributed by atoms with van der Waals surface area (Å²) in [5, 5.41) is 3.71. The SMILES string of the molecule is Cc1nc(N)cc(-c2c(F)c3c4c(nc(OC[C@@]56CCCN5CC(=C(F)F)C6)nc4c2F)N2C[C@H]4CC[C@H](N4)[C@H]2CC3(C)C)c1C(F)(F)F. The minimum Gasteiger partial charge on any atom is -0.461 e. The maximum absolute atomic E-state index is 17.2. The summed E-state index contributed by atoms with van der Waals surface area (Å²) < 4.78 is 111. The number of rotatable bonds is 4. The molecule has 262 valence electrons. The highest BCUT2D eigenvalue weighted by Gasteiger charge is 2.50. The first kappa shape index (κ1) is 32.5. The van der Waals surface area contributed by atoms with Crippen LogP contribution < -0.4 is 20.7 Å². The number of piperazine rings is 1. The van der Waals surface area contributed by atoms with E-state index < -0.39 is 57.2 Å². The van der Waals surface area contributed by atoms with Gasteiger partial charge in [0.25, 0.3) is 6.08 Å². The van der Waals surface area contributed by atoms with E-state index in [4.69, 9.17) is 15.5 Å². The number of fused-ring (bicyclic) bond motifs is 6. The van der Waals surface area contributed by atoms with Crippen LogP contribution in [-0.4, -0.2) is 69.8 Å². The van der Waals surface area contributed by atoms with Gasteiger partial charge in [-0.15, -0.1) is 0 Å². The van der Waals surface area contributed by atoms with Crippen LogP contribution in [0.25, 0.3) is 22.0 Å². The van der Waals surface area contributed by atoms with Crippen molar-refractivity contribution in [2.24, 2.45) is 0 Å². The number of nitrogens with zero attached hydrogens (tertiary/aromatic N) is 5. The monoisotopic (exact) mass is 691 g/mol. The van der Waals surface area contributed by atoms with Gasteiger partial charge in [0.15, 0.2) is 5.82 Å². The number of aromatic nitrogens is 3. The minimum absolute atomic E-state index is 0.0106. The Hall–Kier alpha value is -3.72. The standard InChI is InChI=1S/C34H36F7N7O/c1-15-24(34(39,40)41)18(9-21(42)43-15)22-26(35)25-23-28(27(22)36)45-31(49-14-33-7-4-8-47(33)12-16(10-33)29(37)38)46-30(23)48-13-17-5-6-19(44-17)20(48)11-32(25,2)3/h9,17,19-20,44H,4-8,10-14H2,1-3H3,(H2,42,43)/t17-,19+,20-,33+/m1/s1. The van der Waals surface area contributed by atoms with E-state index in [0.717, 1.165) is 32.3 Å². The van der Waals surface area contributed by atoms with Crippen molar-refractivity contribution >= 4 is 22.5 Å². The average Bonchev–Trinajstić information content (AvgIpc) is 3.67. The number of ether oxygens (including phenoxy) is 1. The number of nitrogen functional groups attached to an aromatic ring is 1. The van der Waals surface area contributed by atoms with Gasteiger partial charge in [0.2, 0.25) is 0 Å². The lowest BCUT2D eigenvalue weighted by Gasteiger charge is -2.43. The van der Waals surface area contributed by atoms with Crippen LogP contribution in [0.3, 0.4) is 0 Å². The largest absolute Gasteiger partial charge is 0.461 e. The lowest BCUT2D eigenvalue weighted by Crippen LogP contribution is -2.59. The lowest BCUT2D eigenvalue weighted by molar-refractivity contribution is -0.137. The summed E-state index contributed by atoms with van der Waals surface area (Å²) >= 11 is 0. The van der Waals surface area contributed by atoms with E-state index in [0.29, 0.717) is 25.9 Å². The Kier molecular flexibility index (Phi) is 7.22. The van der Waals surface area contributed by atoms with Gasteiger partial charge in [0.1, 0.15) is 29.6 Å². The van der Waals surface area contributed by atoms with E-state index in [2.05, 4.69) is 15.3 Å². The molecule has 0 radical (unpaired) electrons. The Bertz CT molecular complexity index is 1930. The van der Waals surface area contributed by atoms with Gasteiger partial charge in [-0.05, 0) is 63.5 Å². The normalized spacial score (nSPS) is 27.4. The van der Waals surface area contributed by atoms with Crippen LogP contribution >= 0.6 is 0 Å². The number of alkyl halides is 3. The Morgan fingerprint density at radius 2 is 1.90 bits per heavy atom. The van der Waals surface area contributed by atoms with E-state index in [1.54, 1.807) is 13.8 Å². The molecule has 5 aliphatic rings. The van der Waals surface area contributed by atoms with Gasteiger partial charge in [0.05, 0.1) is 27.7 Å². The number of benzene rings is 1. The summed E-state index contributed by atoms with van der Waals surface area (Å²) in [6.45, 7) is 5.85. The molecule has 3 N–H and O–H groups in total. The average molecular weight is 692 g/mol. The Morgan fingerprint density at radius 1 is 1.12 bits per heavy atom. The van der Waals surface area contributed by atoms with E-state index in [9.17, 15) is 22.0 Å². The number of pyridine rings is 1. The molecule has 4 saturated heterocycles. The van der Waals surface area contributed by atoms with Crippen molar-refractivity contribution in [3.05, 3.63) is 46.2 Å². The summed E-state index contributed by atoms with van der Waals surface area (Å²) in [6.07, 6.45) is -3.07. The van der Waals surface area contributed by atoms with Crippen LogP contribution in [0.1, 0.15) is 69.2 Å². The van der Waals surface area contributed by atoms with Crippen LogP contribution in [0.2, 0.25) is 0 Å². The van der Waals surface area contributed by atoms with Gasteiger partial charge in [-0.25, -0.2) is 13.8 Å². The third-order valence-corrected chi connectivity index (χ3v) is 11.4. The molecule has 15 heteroatoms. The highest BCUT2D eigenvalue weighted by molar-refractivity contribution is 5.99. The molecule has 7 heterocycles. The number of aryl methyl sites for hydroxylation is 1. The van der Waals surface area contributed by atoms with Gasteiger partial charge in [-0.3, -0.25) is 4.90 Å². The molecule has 2 aromatic heterocycles. The number of halogens is 7. The molecule has 0 unspecified atom stereocenters. The molecule has 0 spiro atoms. The summed E-state index contributed by atoms with van der Waals surface area (Å²) in [6, 6.07) is 0.529. The van der Waals surface area contributed by atoms with Crippen molar-refractivity contribution in [2.75, 3.05) is 36.9 Å². The van der Waals surface area contributed by atoms with Crippen molar-refractivity contribution in [2.45, 2.75) is 94.6 Å². The van der Waals surface area contributed by atoms with Crippen LogP contribution in [0.4, 0.5) is 42.4 Å². The number of hydrogen-bond donors (Lipinski definition) is 2. The van der Waals surface area contributed by atoms with E-state index in [1.807, 2.05) is 9.80 Å². The number of hydrogen-bond acceptors (Lipinski definition) is 8. The fourth-order valence-corrected chi connectivity index (χ4v) is 9.34. The van der Waals surface area contributed by atoms with Crippen molar-refractivity contribution in [1.82, 2.24) is 25.2 Å². The van der Waals surface area contributed by atoms with Crippen molar-refractivity contribution in [1.29, 1.82) is 0 Å². The second kappa shape index (κ2) is 10.9. The molecule has 8 rings (SSSR count). The van der Waals surface area contributed by atoms with E-state index in [1.165, 1.54) is 0 Å². The van der Waals surface area contributed by atoms with Gasteiger partial charge < -0.3 is 20.7 Å². The van der Waals surface area contributed by atoms with Crippen molar-refractivity contribution in [3.63, 3.8) is 0 Å². The molecule has 49 heavy (non-hydrogen) atoms. The lowest BCUT2D eigenvalue weighted by atomic mass is 9.75. The zero-order valence-electron chi connectivity index (χ0n) is 27.2. The molecule has 3 aromatic rings. The van der Waals surface area contributed by atoms with Crippen molar-refractivity contribution in [3.8, 4) is 17.1 Å². The Balaban J connectivity index is 1.37. The molecule has 0 aliphatic carbocycles.